The Balaban J connectivity index is 1.69. The number of hydrogen-bond acceptors (Lipinski definition) is 2. The first kappa shape index (κ1) is 14.3. The number of aliphatic hydroxyl groups excluding tert-OH is 2. The molecule has 118 valence electrons. The molecule has 0 saturated heterocycles. The van der Waals surface area contributed by atoms with Gasteiger partial charge in [-0.05, 0) is 74.0 Å². The first-order valence-electron chi connectivity index (χ1n) is 9.00. The van der Waals surface area contributed by atoms with Crippen LogP contribution in [-0.4, -0.2) is 22.4 Å². The van der Waals surface area contributed by atoms with Crippen molar-refractivity contribution in [2.75, 3.05) is 0 Å². The molecule has 0 aliphatic heterocycles. The van der Waals surface area contributed by atoms with Gasteiger partial charge in [0.1, 0.15) is 0 Å². The first-order valence-corrected chi connectivity index (χ1v) is 9.00. The van der Waals surface area contributed by atoms with Crippen molar-refractivity contribution in [1.29, 1.82) is 0 Å². The first-order chi connectivity index (χ1) is 9.98. The van der Waals surface area contributed by atoms with Crippen LogP contribution in [0, 0.1) is 34.5 Å². The molecule has 3 fully saturated rings. The van der Waals surface area contributed by atoms with E-state index < -0.39 is 0 Å². The van der Waals surface area contributed by atoms with Crippen molar-refractivity contribution in [3.05, 3.63) is 12.2 Å². The molecule has 0 aromatic heterocycles. The summed E-state index contributed by atoms with van der Waals surface area (Å²) in [5, 5.41) is 21.2. The lowest BCUT2D eigenvalue weighted by Crippen LogP contribution is -2.57. The fourth-order valence-electron chi connectivity index (χ4n) is 6.85. The van der Waals surface area contributed by atoms with Gasteiger partial charge in [-0.25, -0.2) is 0 Å². The second kappa shape index (κ2) is 4.58. The Labute approximate surface area is 128 Å². The Morgan fingerprint density at radius 3 is 2.57 bits per heavy atom. The lowest BCUT2D eigenvalue weighted by atomic mass is 9.45. The van der Waals surface area contributed by atoms with Gasteiger partial charge in [0.15, 0.2) is 0 Å². The van der Waals surface area contributed by atoms with E-state index in [0.717, 1.165) is 25.2 Å². The standard InChI is InChI=1S/C19H30O2/c1-18-11-10-15-13(14(18)8-9-16(18)20)7-6-12-4-3-5-17(21)19(12,15)2/h3,5,12-17,20-21H,4,6-11H2,1-2H3/t12-,13+,14+,15+,16+,17+,18+,19+/m1/s1. The summed E-state index contributed by atoms with van der Waals surface area (Å²) in [6.07, 6.45) is 12.2. The molecule has 4 rings (SSSR count). The quantitative estimate of drug-likeness (QED) is 0.670. The normalized spacial score (nSPS) is 59.2. The molecule has 21 heavy (non-hydrogen) atoms. The van der Waals surface area contributed by atoms with Crippen molar-refractivity contribution in [2.24, 2.45) is 34.5 Å². The van der Waals surface area contributed by atoms with E-state index in [9.17, 15) is 10.2 Å². The van der Waals surface area contributed by atoms with Gasteiger partial charge < -0.3 is 10.2 Å². The molecule has 8 atom stereocenters. The highest BCUT2D eigenvalue weighted by molar-refractivity contribution is 5.15. The summed E-state index contributed by atoms with van der Waals surface area (Å²) in [5.74, 6) is 2.72. The molecule has 4 aliphatic rings. The molecule has 2 nitrogen and oxygen atoms in total. The minimum Gasteiger partial charge on any atom is -0.393 e. The lowest BCUT2D eigenvalue weighted by Gasteiger charge is -2.60. The minimum absolute atomic E-state index is 0.0759. The molecule has 4 aliphatic carbocycles. The van der Waals surface area contributed by atoms with E-state index in [2.05, 4.69) is 26.0 Å². The van der Waals surface area contributed by atoms with E-state index >= 15 is 0 Å². The molecule has 0 unspecified atom stereocenters. The zero-order valence-electron chi connectivity index (χ0n) is 13.5. The summed E-state index contributed by atoms with van der Waals surface area (Å²) < 4.78 is 0. The van der Waals surface area contributed by atoms with Gasteiger partial charge in [-0.2, -0.15) is 0 Å². The van der Waals surface area contributed by atoms with Gasteiger partial charge in [-0.1, -0.05) is 26.0 Å². The Bertz CT molecular complexity index is 458. The average molecular weight is 290 g/mol. The van der Waals surface area contributed by atoms with Gasteiger partial charge in [-0.15, -0.1) is 0 Å². The van der Waals surface area contributed by atoms with E-state index in [1.807, 2.05) is 0 Å². The predicted molar refractivity (Wildman–Crippen MR) is 83.6 cm³/mol. The van der Waals surface area contributed by atoms with Gasteiger partial charge in [0.2, 0.25) is 0 Å². The molecule has 3 saturated carbocycles. The molecular formula is C19H30O2. The molecule has 2 heteroatoms. The van der Waals surface area contributed by atoms with E-state index in [4.69, 9.17) is 0 Å². The van der Waals surface area contributed by atoms with Crippen molar-refractivity contribution in [3.63, 3.8) is 0 Å². The molecule has 0 heterocycles. The van der Waals surface area contributed by atoms with Crippen LogP contribution in [0.1, 0.15) is 58.8 Å². The fourth-order valence-corrected chi connectivity index (χ4v) is 6.85. The average Bonchev–Trinajstić information content (AvgIpc) is 2.76. The van der Waals surface area contributed by atoms with E-state index in [-0.39, 0.29) is 23.0 Å². The number of fused-ring (bicyclic) bond motifs is 5. The molecule has 0 spiro atoms. The summed E-state index contributed by atoms with van der Waals surface area (Å²) in [6.45, 7) is 4.69. The van der Waals surface area contributed by atoms with Gasteiger partial charge in [-0.3, -0.25) is 0 Å². The van der Waals surface area contributed by atoms with Crippen molar-refractivity contribution in [1.82, 2.24) is 0 Å². The van der Waals surface area contributed by atoms with Crippen LogP contribution in [0.3, 0.4) is 0 Å². The minimum atomic E-state index is -0.264. The number of rotatable bonds is 0. The number of aliphatic hydroxyl groups is 2. The van der Waals surface area contributed by atoms with Crippen LogP contribution in [0.2, 0.25) is 0 Å². The van der Waals surface area contributed by atoms with Gasteiger partial charge in [0.05, 0.1) is 12.2 Å². The molecule has 0 bridgehead atoms. The molecule has 0 aromatic rings. The summed E-state index contributed by atoms with van der Waals surface area (Å²) in [5.41, 5.74) is 0.229. The molecule has 0 aromatic carbocycles. The molecular weight excluding hydrogens is 260 g/mol. The van der Waals surface area contributed by atoms with Gasteiger partial charge in [0, 0.05) is 5.41 Å². The number of hydrogen-bond donors (Lipinski definition) is 2. The topological polar surface area (TPSA) is 40.5 Å². The third kappa shape index (κ3) is 1.72. The Kier molecular flexibility index (Phi) is 3.11. The second-order valence-electron chi connectivity index (χ2n) is 8.76. The summed E-state index contributed by atoms with van der Waals surface area (Å²) >= 11 is 0. The van der Waals surface area contributed by atoms with Crippen LogP contribution in [0.4, 0.5) is 0 Å². The van der Waals surface area contributed by atoms with Crippen molar-refractivity contribution in [3.8, 4) is 0 Å². The van der Waals surface area contributed by atoms with Crippen molar-refractivity contribution >= 4 is 0 Å². The second-order valence-corrected chi connectivity index (χ2v) is 8.76. The lowest BCUT2D eigenvalue weighted by molar-refractivity contribution is -0.143. The Hall–Kier alpha value is -0.340. The smallest absolute Gasteiger partial charge is 0.0779 e. The van der Waals surface area contributed by atoms with E-state index in [1.54, 1.807) is 0 Å². The monoisotopic (exact) mass is 290 g/mol. The zero-order valence-corrected chi connectivity index (χ0v) is 13.5. The molecule has 0 radical (unpaired) electrons. The van der Waals surface area contributed by atoms with Crippen LogP contribution in [-0.2, 0) is 0 Å². The van der Waals surface area contributed by atoms with Crippen LogP contribution >= 0.6 is 0 Å². The van der Waals surface area contributed by atoms with E-state index in [0.29, 0.717) is 17.8 Å². The summed E-state index contributed by atoms with van der Waals surface area (Å²) in [4.78, 5) is 0. The zero-order chi connectivity index (χ0) is 14.8. The predicted octanol–water partition coefficient (Wildman–Crippen LogP) is 3.53. The highest BCUT2D eigenvalue weighted by Crippen LogP contribution is 2.65. The summed E-state index contributed by atoms with van der Waals surface area (Å²) in [6, 6.07) is 0. The van der Waals surface area contributed by atoms with Crippen LogP contribution in [0.5, 0.6) is 0 Å². The SMILES string of the molecule is C[C@]12CC[C@H]3[C@@H](CC[C@H]4CC=C[C@H](O)[C@@]43C)[C@@H]1CC[C@@H]2O. The highest BCUT2D eigenvalue weighted by atomic mass is 16.3. The molecule has 2 N–H and O–H groups in total. The maximum atomic E-state index is 10.7. The van der Waals surface area contributed by atoms with Crippen LogP contribution in [0.15, 0.2) is 12.2 Å². The maximum Gasteiger partial charge on any atom is 0.0779 e. The molecule has 0 amide bonds. The maximum absolute atomic E-state index is 10.7. The number of allylic oxidation sites excluding steroid dienone is 1. The van der Waals surface area contributed by atoms with Crippen LogP contribution < -0.4 is 0 Å². The largest absolute Gasteiger partial charge is 0.393 e. The summed E-state index contributed by atoms with van der Waals surface area (Å²) in [7, 11) is 0. The Morgan fingerprint density at radius 1 is 0.952 bits per heavy atom. The van der Waals surface area contributed by atoms with Gasteiger partial charge in [0.25, 0.3) is 0 Å². The third-order valence-corrected chi connectivity index (χ3v) is 8.29. The van der Waals surface area contributed by atoms with Gasteiger partial charge >= 0.3 is 0 Å². The highest BCUT2D eigenvalue weighted by Gasteiger charge is 2.60. The van der Waals surface area contributed by atoms with E-state index in [1.165, 1.54) is 25.7 Å². The van der Waals surface area contributed by atoms with Crippen molar-refractivity contribution in [2.45, 2.75) is 71.0 Å². The Morgan fingerprint density at radius 2 is 1.76 bits per heavy atom. The van der Waals surface area contributed by atoms with Crippen molar-refractivity contribution < 1.29 is 10.2 Å². The third-order valence-electron chi connectivity index (χ3n) is 8.29. The van der Waals surface area contributed by atoms with Crippen LogP contribution in [0.25, 0.3) is 0 Å². The fraction of sp³-hybridized carbons (Fsp3) is 0.895.